The maximum absolute atomic E-state index is 13.7. The third-order valence-corrected chi connectivity index (χ3v) is 5.59. The lowest BCUT2D eigenvalue weighted by Gasteiger charge is -2.25. The average molecular weight is 438 g/mol. The highest BCUT2D eigenvalue weighted by molar-refractivity contribution is 5.99. The van der Waals surface area contributed by atoms with Gasteiger partial charge in [-0.25, -0.2) is 4.79 Å². The van der Waals surface area contributed by atoms with Crippen molar-refractivity contribution in [2.75, 3.05) is 7.05 Å². The van der Waals surface area contributed by atoms with Crippen LogP contribution in [0.2, 0.25) is 0 Å². The summed E-state index contributed by atoms with van der Waals surface area (Å²) in [5, 5.41) is 8.19. The molecule has 0 saturated heterocycles. The van der Waals surface area contributed by atoms with E-state index < -0.39 is 29.2 Å². The molecule has 7 heteroatoms. The monoisotopic (exact) mass is 437 g/mol. The molecule has 2 aromatic rings. The molecule has 0 radical (unpaired) electrons. The molecule has 3 atom stereocenters. The molecular formula is C25H31N3O4. The molecule has 170 valence electrons. The van der Waals surface area contributed by atoms with Crippen LogP contribution >= 0.6 is 0 Å². The van der Waals surface area contributed by atoms with Crippen molar-refractivity contribution in [2.24, 2.45) is 0 Å². The molecule has 0 unspecified atom stereocenters. The van der Waals surface area contributed by atoms with Crippen molar-refractivity contribution in [2.45, 2.75) is 56.7 Å². The van der Waals surface area contributed by atoms with Crippen LogP contribution < -0.4 is 16.0 Å². The van der Waals surface area contributed by atoms with Gasteiger partial charge in [-0.1, -0.05) is 60.7 Å². The Kier molecular flexibility index (Phi) is 6.57. The Hall–Kier alpha value is -3.35. The second kappa shape index (κ2) is 9.02. The van der Waals surface area contributed by atoms with E-state index in [0.29, 0.717) is 0 Å². The first kappa shape index (κ1) is 23.3. The number of likely N-dealkylation sites (N-methyl/N-ethyl adjacent to an activating group) is 1. The van der Waals surface area contributed by atoms with Crippen molar-refractivity contribution in [1.29, 1.82) is 0 Å². The van der Waals surface area contributed by atoms with E-state index in [1.165, 1.54) is 7.05 Å². The third kappa shape index (κ3) is 4.77. The smallest absolute Gasteiger partial charge is 0.408 e. The van der Waals surface area contributed by atoms with Gasteiger partial charge in [-0.05, 0) is 38.8 Å². The molecule has 32 heavy (non-hydrogen) atoms. The van der Waals surface area contributed by atoms with Crippen LogP contribution in [0.1, 0.15) is 50.7 Å². The zero-order valence-electron chi connectivity index (χ0n) is 19.1. The van der Waals surface area contributed by atoms with Gasteiger partial charge in [0.1, 0.15) is 17.2 Å². The van der Waals surface area contributed by atoms with Gasteiger partial charge < -0.3 is 20.7 Å². The van der Waals surface area contributed by atoms with Crippen LogP contribution in [0.15, 0.2) is 60.7 Å². The lowest BCUT2D eigenvalue weighted by Crippen LogP contribution is -2.56. The van der Waals surface area contributed by atoms with Gasteiger partial charge in [-0.3, -0.25) is 9.59 Å². The van der Waals surface area contributed by atoms with Crippen LogP contribution in [0.3, 0.4) is 0 Å². The molecule has 3 N–H and O–H groups in total. The Labute approximate surface area is 188 Å². The van der Waals surface area contributed by atoms with E-state index in [1.54, 1.807) is 27.7 Å². The summed E-state index contributed by atoms with van der Waals surface area (Å²) in [6.07, 6.45) is -0.681. The predicted molar refractivity (Wildman–Crippen MR) is 122 cm³/mol. The van der Waals surface area contributed by atoms with Gasteiger partial charge in [0.25, 0.3) is 0 Å². The summed E-state index contributed by atoms with van der Waals surface area (Å²) in [6, 6.07) is 18.4. The molecule has 2 aromatic carbocycles. The third-order valence-electron chi connectivity index (χ3n) is 5.59. The molecule has 1 aliphatic rings. The number of rotatable bonds is 6. The Morgan fingerprint density at radius 2 is 1.38 bits per heavy atom. The Morgan fingerprint density at radius 1 is 0.906 bits per heavy atom. The van der Waals surface area contributed by atoms with Crippen molar-refractivity contribution in [3.05, 3.63) is 71.8 Å². The lowest BCUT2D eigenvalue weighted by atomic mass is 10.0. The van der Waals surface area contributed by atoms with E-state index in [9.17, 15) is 14.4 Å². The quantitative estimate of drug-likeness (QED) is 0.647. The molecule has 7 nitrogen and oxygen atoms in total. The van der Waals surface area contributed by atoms with Gasteiger partial charge in [-0.2, -0.15) is 0 Å². The fourth-order valence-electron chi connectivity index (χ4n) is 4.18. The molecule has 0 bridgehead atoms. The van der Waals surface area contributed by atoms with E-state index in [-0.39, 0.29) is 17.7 Å². The van der Waals surface area contributed by atoms with Gasteiger partial charge in [0.05, 0.1) is 0 Å². The molecule has 3 amide bonds. The second-order valence-electron chi connectivity index (χ2n) is 9.08. The van der Waals surface area contributed by atoms with E-state index >= 15 is 0 Å². The lowest BCUT2D eigenvalue weighted by molar-refractivity contribution is -0.130. The molecular weight excluding hydrogens is 406 g/mol. The van der Waals surface area contributed by atoms with Crippen LogP contribution in [-0.2, 0) is 14.3 Å². The maximum atomic E-state index is 13.7. The van der Waals surface area contributed by atoms with Crippen LogP contribution in [0.4, 0.5) is 4.79 Å². The number of carbonyl (C=O) groups excluding carboxylic acids is 3. The first-order valence-corrected chi connectivity index (χ1v) is 10.7. The highest BCUT2D eigenvalue weighted by atomic mass is 16.6. The number of ether oxygens (including phenoxy) is 1. The van der Waals surface area contributed by atoms with E-state index in [4.69, 9.17) is 4.74 Å². The van der Waals surface area contributed by atoms with Crippen LogP contribution in [0.25, 0.3) is 0 Å². The molecule has 1 fully saturated rings. The zero-order chi connectivity index (χ0) is 23.5. The topological polar surface area (TPSA) is 96.5 Å². The minimum absolute atomic E-state index is 0.320. The number of nitrogens with one attached hydrogen (secondary N) is 3. The Balaban J connectivity index is 2.05. The van der Waals surface area contributed by atoms with Crippen molar-refractivity contribution in [1.82, 2.24) is 16.0 Å². The van der Waals surface area contributed by atoms with Gasteiger partial charge >= 0.3 is 6.09 Å². The van der Waals surface area contributed by atoms with Crippen molar-refractivity contribution in [3.8, 4) is 0 Å². The molecule has 0 spiro atoms. The fraction of sp³-hybridized carbons (Fsp3) is 0.400. The number of amides is 3. The summed E-state index contributed by atoms with van der Waals surface area (Å²) < 4.78 is 5.50. The van der Waals surface area contributed by atoms with Gasteiger partial charge in [0, 0.05) is 18.9 Å². The summed E-state index contributed by atoms with van der Waals surface area (Å²) in [4.78, 5) is 38.6. The average Bonchev–Trinajstić information content (AvgIpc) is 3.42. The highest BCUT2D eigenvalue weighted by Gasteiger charge is 2.72. The van der Waals surface area contributed by atoms with E-state index in [2.05, 4.69) is 16.0 Å². The van der Waals surface area contributed by atoms with Crippen molar-refractivity contribution in [3.63, 3.8) is 0 Å². The maximum Gasteiger partial charge on any atom is 0.408 e. The summed E-state index contributed by atoms with van der Waals surface area (Å²) in [7, 11) is 1.51. The van der Waals surface area contributed by atoms with Crippen molar-refractivity contribution < 1.29 is 19.1 Å². The minimum atomic E-state index is -1.30. The van der Waals surface area contributed by atoms with Crippen LogP contribution in [0, 0.1) is 0 Å². The Morgan fingerprint density at radius 3 is 1.78 bits per heavy atom. The van der Waals surface area contributed by atoms with Gasteiger partial charge in [-0.15, -0.1) is 0 Å². The first-order chi connectivity index (χ1) is 15.1. The number of carbonyl (C=O) groups is 3. The molecule has 1 aliphatic carbocycles. The van der Waals surface area contributed by atoms with Gasteiger partial charge in [0.15, 0.2) is 0 Å². The minimum Gasteiger partial charge on any atom is -0.444 e. The zero-order valence-corrected chi connectivity index (χ0v) is 19.1. The molecule has 3 rings (SSSR count). The molecule has 1 saturated carbocycles. The number of hydrogen-bond acceptors (Lipinski definition) is 4. The largest absolute Gasteiger partial charge is 0.444 e. The van der Waals surface area contributed by atoms with Crippen LogP contribution in [0.5, 0.6) is 0 Å². The molecule has 0 aromatic heterocycles. The van der Waals surface area contributed by atoms with E-state index in [0.717, 1.165) is 11.1 Å². The highest BCUT2D eigenvalue weighted by Crippen LogP contribution is 2.63. The predicted octanol–water partition coefficient (Wildman–Crippen LogP) is 3.08. The SMILES string of the molecule is CNC(=O)[C@H](C)NC(=O)C1(NC(=O)OC(C)(C)C)[C@H](c2ccccc2)[C@H]1c1ccccc1. The summed E-state index contributed by atoms with van der Waals surface area (Å²) in [5.41, 5.74) is -0.190. The number of alkyl carbamates (subject to hydrolysis) is 1. The van der Waals surface area contributed by atoms with E-state index in [1.807, 2.05) is 60.7 Å². The fourth-order valence-corrected chi connectivity index (χ4v) is 4.18. The first-order valence-electron chi connectivity index (χ1n) is 10.7. The number of benzene rings is 2. The normalized spacial score (nSPS) is 22.9. The molecule has 0 heterocycles. The standard InChI is InChI=1S/C25H31N3O4/c1-16(21(29)26-5)27-22(30)25(28-23(31)32-24(2,3)4)19(17-12-8-6-9-13-17)20(25)18-14-10-7-11-15-18/h6-16,19-20H,1-5H3,(H,26,29)(H,27,30)(H,28,31)/t16-,19+,20+/m0/s1. The molecule has 0 aliphatic heterocycles. The second-order valence-corrected chi connectivity index (χ2v) is 9.08. The summed E-state index contributed by atoms with van der Waals surface area (Å²) >= 11 is 0. The van der Waals surface area contributed by atoms with Crippen molar-refractivity contribution >= 4 is 17.9 Å². The summed E-state index contributed by atoms with van der Waals surface area (Å²) in [5.74, 6) is -1.40. The Bertz CT molecular complexity index is 924. The van der Waals surface area contributed by atoms with Gasteiger partial charge in [0.2, 0.25) is 11.8 Å². The van der Waals surface area contributed by atoms with Crippen LogP contribution in [-0.4, -0.2) is 42.1 Å². The summed E-state index contributed by atoms with van der Waals surface area (Å²) in [6.45, 7) is 6.91. The number of hydrogen-bond donors (Lipinski definition) is 3.